The second-order valence-electron chi connectivity index (χ2n) is 6.29. The van der Waals surface area contributed by atoms with Crippen molar-refractivity contribution in [2.45, 2.75) is 19.8 Å². The molecule has 0 unspecified atom stereocenters. The zero-order valence-electron chi connectivity index (χ0n) is 15.2. The van der Waals surface area contributed by atoms with E-state index in [1.165, 1.54) is 0 Å². The Hall–Kier alpha value is -2.50. The Bertz CT molecular complexity index is 966. The number of amides is 1. The lowest BCUT2D eigenvalue weighted by Gasteiger charge is -2.13. The second kappa shape index (κ2) is 8.03. The number of anilines is 1. The third-order valence-corrected chi connectivity index (χ3v) is 4.63. The number of nitrogens with one attached hydrogen (secondary N) is 1. The number of halogens is 2. The van der Waals surface area contributed by atoms with Crippen LogP contribution in [0.5, 0.6) is 5.75 Å². The van der Waals surface area contributed by atoms with Crippen molar-refractivity contribution in [3.63, 3.8) is 0 Å². The van der Waals surface area contributed by atoms with Crippen LogP contribution in [-0.2, 0) is 0 Å². The van der Waals surface area contributed by atoms with Gasteiger partial charge < -0.3 is 10.1 Å². The summed E-state index contributed by atoms with van der Waals surface area (Å²) in [4.78, 5) is 12.8. The Morgan fingerprint density at radius 2 is 1.85 bits per heavy atom. The van der Waals surface area contributed by atoms with Crippen molar-refractivity contribution in [1.29, 1.82) is 0 Å². The van der Waals surface area contributed by atoms with E-state index in [9.17, 15) is 4.79 Å². The van der Waals surface area contributed by atoms with Crippen LogP contribution in [0.25, 0.3) is 5.69 Å². The molecule has 140 valence electrons. The highest BCUT2D eigenvalue weighted by Gasteiger charge is 2.21. The summed E-state index contributed by atoms with van der Waals surface area (Å²) >= 11 is 12.1. The number of ether oxygens (including phenoxy) is 1. The fourth-order valence-corrected chi connectivity index (χ4v) is 3.20. The Kier molecular flexibility index (Phi) is 5.73. The van der Waals surface area contributed by atoms with Crippen molar-refractivity contribution >= 4 is 34.8 Å². The molecule has 5 nitrogen and oxygen atoms in total. The highest BCUT2D eigenvalue weighted by atomic mass is 35.5. The van der Waals surface area contributed by atoms with Gasteiger partial charge in [0.15, 0.2) is 0 Å². The van der Waals surface area contributed by atoms with Gasteiger partial charge in [0.1, 0.15) is 5.75 Å². The minimum Gasteiger partial charge on any atom is -0.495 e. The maximum atomic E-state index is 12.8. The van der Waals surface area contributed by atoms with Crippen molar-refractivity contribution < 1.29 is 9.53 Å². The summed E-state index contributed by atoms with van der Waals surface area (Å²) in [7, 11) is 1.54. The summed E-state index contributed by atoms with van der Waals surface area (Å²) < 4.78 is 6.89. The summed E-state index contributed by atoms with van der Waals surface area (Å²) in [6, 6.07) is 12.4. The first kappa shape index (κ1) is 19.3. The average Bonchev–Trinajstić information content (AvgIpc) is 3.08. The molecular formula is C20H19Cl2N3O2. The number of methoxy groups -OCH3 is 1. The summed E-state index contributed by atoms with van der Waals surface area (Å²) in [6.07, 6.45) is 1.57. The maximum Gasteiger partial charge on any atom is 0.259 e. The maximum absolute atomic E-state index is 12.8. The zero-order chi connectivity index (χ0) is 19.6. The highest BCUT2D eigenvalue weighted by Crippen LogP contribution is 2.29. The van der Waals surface area contributed by atoms with E-state index < -0.39 is 0 Å². The van der Waals surface area contributed by atoms with Crippen LogP contribution in [0.1, 0.15) is 35.8 Å². The van der Waals surface area contributed by atoms with Crippen LogP contribution in [0.3, 0.4) is 0 Å². The smallest absolute Gasteiger partial charge is 0.259 e. The predicted octanol–water partition coefficient (Wildman–Crippen LogP) is 5.56. The van der Waals surface area contributed by atoms with Gasteiger partial charge >= 0.3 is 0 Å². The number of hydrogen-bond acceptors (Lipinski definition) is 3. The first-order chi connectivity index (χ1) is 12.9. The van der Waals surface area contributed by atoms with Crippen LogP contribution in [0.15, 0.2) is 48.7 Å². The average molecular weight is 404 g/mol. The van der Waals surface area contributed by atoms with Crippen LogP contribution >= 0.6 is 23.2 Å². The van der Waals surface area contributed by atoms with Crippen molar-refractivity contribution in [2.24, 2.45) is 0 Å². The van der Waals surface area contributed by atoms with Gasteiger partial charge in [0.2, 0.25) is 0 Å². The van der Waals surface area contributed by atoms with Gasteiger partial charge in [-0.1, -0.05) is 37.0 Å². The highest BCUT2D eigenvalue weighted by molar-refractivity contribution is 6.32. The quantitative estimate of drug-likeness (QED) is 0.606. The molecule has 0 aliphatic heterocycles. The molecule has 0 aliphatic carbocycles. The SMILES string of the molecule is COc1ccc(NC(=O)c2cnn(-c3ccc(Cl)cc3)c2C(C)C)cc1Cl. The largest absolute Gasteiger partial charge is 0.495 e. The number of benzene rings is 2. The molecule has 3 aromatic rings. The van der Waals surface area contributed by atoms with Crippen LogP contribution in [0.2, 0.25) is 10.0 Å². The monoisotopic (exact) mass is 403 g/mol. The fraction of sp³-hybridized carbons (Fsp3) is 0.200. The van der Waals surface area contributed by atoms with E-state index in [1.807, 2.05) is 26.0 Å². The van der Waals surface area contributed by atoms with Crippen molar-refractivity contribution in [1.82, 2.24) is 9.78 Å². The lowest BCUT2D eigenvalue weighted by molar-refractivity contribution is 0.102. The van der Waals surface area contributed by atoms with Gasteiger partial charge in [-0.15, -0.1) is 0 Å². The van der Waals surface area contributed by atoms with E-state index in [4.69, 9.17) is 27.9 Å². The standard InChI is InChI=1S/C20H19Cl2N3O2/c1-12(2)19-16(11-23-25(19)15-7-4-13(21)5-8-15)20(26)24-14-6-9-18(27-3)17(22)10-14/h4-12H,1-3H3,(H,24,26). The number of carbonyl (C=O) groups excluding carboxylic acids is 1. The topological polar surface area (TPSA) is 56.1 Å². The molecule has 0 spiro atoms. The molecule has 0 radical (unpaired) electrons. The van der Waals surface area contributed by atoms with Crippen molar-refractivity contribution in [2.75, 3.05) is 12.4 Å². The first-order valence-electron chi connectivity index (χ1n) is 8.39. The number of hydrogen-bond donors (Lipinski definition) is 1. The summed E-state index contributed by atoms with van der Waals surface area (Å²) in [5.41, 5.74) is 2.75. The Balaban J connectivity index is 1.93. The fourth-order valence-electron chi connectivity index (χ4n) is 2.82. The number of carbonyl (C=O) groups is 1. The number of rotatable bonds is 5. The lowest BCUT2D eigenvalue weighted by Crippen LogP contribution is -2.15. The van der Waals surface area contributed by atoms with E-state index in [1.54, 1.807) is 48.3 Å². The van der Waals surface area contributed by atoms with Crippen LogP contribution < -0.4 is 10.1 Å². The van der Waals surface area contributed by atoms with Gasteiger partial charge in [0.05, 0.1) is 35.3 Å². The molecule has 1 N–H and O–H groups in total. The molecule has 0 saturated carbocycles. The van der Waals surface area contributed by atoms with Gasteiger partial charge in [0.25, 0.3) is 5.91 Å². The predicted molar refractivity (Wildman–Crippen MR) is 109 cm³/mol. The van der Waals surface area contributed by atoms with E-state index in [0.717, 1.165) is 11.4 Å². The molecule has 0 saturated heterocycles. The zero-order valence-corrected chi connectivity index (χ0v) is 16.7. The molecule has 0 bridgehead atoms. The summed E-state index contributed by atoms with van der Waals surface area (Å²) in [5, 5.41) is 8.35. The third kappa shape index (κ3) is 4.10. The molecule has 1 aromatic heterocycles. The van der Waals surface area contributed by atoms with E-state index in [2.05, 4.69) is 10.4 Å². The van der Waals surface area contributed by atoms with Gasteiger partial charge in [-0.2, -0.15) is 5.10 Å². The first-order valence-corrected chi connectivity index (χ1v) is 9.15. The molecular weight excluding hydrogens is 385 g/mol. The van der Waals surface area contributed by atoms with Gasteiger partial charge in [0, 0.05) is 10.7 Å². The molecule has 1 heterocycles. The van der Waals surface area contributed by atoms with E-state index >= 15 is 0 Å². The minimum absolute atomic E-state index is 0.0865. The summed E-state index contributed by atoms with van der Waals surface area (Å²) in [5.74, 6) is 0.386. The van der Waals surface area contributed by atoms with Crippen molar-refractivity contribution in [3.05, 3.63) is 70.0 Å². The molecule has 1 amide bonds. The Morgan fingerprint density at radius 1 is 1.15 bits per heavy atom. The van der Waals surface area contributed by atoms with Gasteiger partial charge in [-0.05, 0) is 48.4 Å². The van der Waals surface area contributed by atoms with E-state index in [0.29, 0.717) is 27.0 Å². The molecule has 2 aromatic carbocycles. The van der Waals surface area contributed by atoms with Crippen LogP contribution in [0, 0.1) is 0 Å². The Labute approximate surface area is 167 Å². The van der Waals surface area contributed by atoms with E-state index in [-0.39, 0.29) is 11.8 Å². The minimum atomic E-state index is -0.250. The second-order valence-corrected chi connectivity index (χ2v) is 7.13. The molecule has 27 heavy (non-hydrogen) atoms. The van der Waals surface area contributed by atoms with Crippen LogP contribution in [-0.4, -0.2) is 22.8 Å². The van der Waals surface area contributed by atoms with Gasteiger partial charge in [-0.25, -0.2) is 4.68 Å². The molecule has 0 atom stereocenters. The molecule has 0 aliphatic rings. The Morgan fingerprint density at radius 3 is 2.44 bits per heavy atom. The lowest BCUT2D eigenvalue weighted by atomic mass is 10.0. The number of aromatic nitrogens is 2. The van der Waals surface area contributed by atoms with Crippen molar-refractivity contribution in [3.8, 4) is 11.4 Å². The third-order valence-electron chi connectivity index (χ3n) is 4.08. The number of nitrogens with zero attached hydrogens (tertiary/aromatic N) is 2. The molecule has 0 fully saturated rings. The normalized spacial score (nSPS) is 10.9. The van der Waals surface area contributed by atoms with Gasteiger partial charge in [-0.3, -0.25) is 4.79 Å². The summed E-state index contributed by atoms with van der Waals surface area (Å²) in [6.45, 7) is 4.04. The molecule has 7 heteroatoms. The van der Waals surface area contributed by atoms with Crippen LogP contribution in [0.4, 0.5) is 5.69 Å². The molecule has 3 rings (SSSR count).